The van der Waals surface area contributed by atoms with Gasteiger partial charge in [-0.25, -0.2) is 0 Å². The molecule has 0 aliphatic heterocycles. The smallest absolute Gasteiger partial charge is 0.279 e. The molecular formula is C15H14N2O3S. The molecule has 0 bridgehead atoms. The number of ether oxygens (including phenoxy) is 1. The van der Waals surface area contributed by atoms with Gasteiger partial charge in [0.05, 0.1) is 12.0 Å². The molecule has 2 rings (SSSR count). The van der Waals surface area contributed by atoms with Crippen molar-refractivity contribution >= 4 is 29.2 Å². The van der Waals surface area contributed by atoms with Crippen molar-refractivity contribution in [2.24, 2.45) is 0 Å². The minimum absolute atomic E-state index is 0.337. The molecule has 1 aromatic carbocycles. The van der Waals surface area contributed by atoms with Gasteiger partial charge in [-0.2, -0.15) is 0 Å². The molecule has 6 heteroatoms. The van der Waals surface area contributed by atoms with Crippen LogP contribution >= 0.6 is 11.3 Å². The Morgan fingerprint density at radius 3 is 2.52 bits per heavy atom. The summed E-state index contributed by atoms with van der Waals surface area (Å²) in [6.45, 7) is 0. The molecule has 2 N–H and O–H groups in total. The Kier molecular flexibility index (Phi) is 5.11. The zero-order valence-corrected chi connectivity index (χ0v) is 12.1. The molecule has 0 atom stereocenters. The first kappa shape index (κ1) is 14.8. The van der Waals surface area contributed by atoms with Gasteiger partial charge in [0.15, 0.2) is 0 Å². The van der Waals surface area contributed by atoms with Crippen LogP contribution in [0.5, 0.6) is 5.75 Å². The molecule has 1 aromatic heterocycles. The molecular weight excluding hydrogens is 288 g/mol. The lowest BCUT2D eigenvalue weighted by molar-refractivity contribution is -0.117. The number of thiophene rings is 1. The van der Waals surface area contributed by atoms with E-state index >= 15 is 0 Å². The molecule has 0 spiro atoms. The highest BCUT2D eigenvalue weighted by molar-refractivity contribution is 7.12. The molecule has 0 unspecified atom stereocenters. The van der Waals surface area contributed by atoms with E-state index in [1.54, 1.807) is 42.8 Å². The second kappa shape index (κ2) is 7.25. The maximum atomic E-state index is 11.6. The van der Waals surface area contributed by atoms with Crippen LogP contribution in [-0.4, -0.2) is 18.9 Å². The summed E-state index contributed by atoms with van der Waals surface area (Å²) in [4.78, 5) is 23.7. The molecule has 0 aliphatic carbocycles. The minimum Gasteiger partial charge on any atom is -0.497 e. The lowest BCUT2D eigenvalue weighted by Crippen LogP contribution is -2.40. The molecule has 5 nitrogen and oxygen atoms in total. The monoisotopic (exact) mass is 302 g/mol. The van der Waals surface area contributed by atoms with E-state index in [9.17, 15) is 9.59 Å². The predicted octanol–water partition coefficient (Wildman–Crippen LogP) is 2.23. The van der Waals surface area contributed by atoms with Crippen molar-refractivity contribution in [1.29, 1.82) is 0 Å². The van der Waals surface area contributed by atoms with Gasteiger partial charge >= 0.3 is 0 Å². The third-order valence-electron chi connectivity index (χ3n) is 2.59. The molecule has 108 valence electrons. The van der Waals surface area contributed by atoms with E-state index in [1.165, 1.54) is 17.4 Å². The van der Waals surface area contributed by atoms with Gasteiger partial charge < -0.3 is 4.74 Å². The van der Waals surface area contributed by atoms with Gasteiger partial charge in [-0.1, -0.05) is 18.2 Å². The number of hydrazine groups is 1. The van der Waals surface area contributed by atoms with Crippen LogP contribution in [0.3, 0.4) is 0 Å². The van der Waals surface area contributed by atoms with Crippen molar-refractivity contribution in [3.05, 3.63) is 58.3 Å². The summed E-state index contributed by atoms with van der Waals surface area (Å²) in [6, 6.07) is 10.7. The van der Waals surface area contributed by atoms with E-state index < -0.39 is 5.91 Å². The van der Waals surface area contributed by atoms with Crippen LogP contribution in [0.25, 0.3) is 6.08 Å². The summed E-state index contributed by atoms with van der Waals surface area (Å²) in [5, 5.41) is 1.79. The van der Waals surface area contributed by atoms with E-state index in [4.69, 9.17) is 4.74 Å². The second-order valence-electron chi connectivity index (χ2n) is 4.03. The summed E-state index contributed by atoms with van der Waals surface area (Å²) < 4.78 is 5.05. The number of carbonyl (C=O) groups excluding carboxylic acids is 2. The fourth-order valence-corrected chi connectivity index (χ4v) is 2.14. The number of methoxy groups -OCH3 is 1. The Bertz CT molecular complexity index is 633. The summed E-state index contributed by atoms with van der Waals surface area (Å²) in [5.74, 6) is 0.00624. The van der Waals surface area contributed by atoms with Gasteiger partial charge in [-0.3, -0.25) is 20.4 Å². The van der Waals surface area contributed by atoms with Gasteiger partial charge in [0, 0.05) is 6.08 Å². The van der Waals surface area contributed by atoms with Gasteiger partial charge in [-0.05, 0) is 35.2 Å². The summed E-state index contributed by atoms with van der Waals surface area (Å²) in [5.41, 5.74) is 5.52. The van der Waals surface area contributed by atoms with Crippen LogP contribution in [0.1, 0.15) is 15.2 Å². The Labute approximate surface area is 126 Å². The van der Waals surface area contributed by atoms with Crippen molar-refractivity contribution in [1.82, 2.24) is 10.9 Å². The van der Waals surface area contributed by atoms with Crippen molar-refractivity contribution in [2.45, 2.75) is 0 Å². The highest BCUT2D eigenvalue weighted by atomic mass is 32.1. The topological polar surface area (TPSA) is 67.4 Å². The lowest BCUT2D eigenvalue weighted by atomic mass is 10.2. The van der Waals surface area contributed by atoms with Crippen LogP contribution in [0.15, 0.2) is 47.9 Å². The molecule has 0 aliphatic rings. The Hall–Kier alpha value is -2.60. The Morgan fingerprint density at radius 2 is 1.90 bits per heavy atom. The number of carbonyl (C=O) groups is 2. The summed E-state index contributed by atoms with van der Waals surface area (Å²) >= 11 is 1.30. The first-order chi connectivity index (χ1) is 10.2. The average Bonchev–Trinajstić information content (AvgIpc) is 3.05. The highest BCUT2D eigenvalue weighted by Crippen LogP contribution is 2.12. The molecule has 0 fully saturated rings. The standard InChI is InChI=1S/C15H14N2O3S/c1-20-12-7-4-11(5-8-12)6-9-14(18)16-17-15(19)13-3-2-10-21-13/h2-10H,1H3,(H,16,18)(H,17,19). The molecule has 0 saturated carbocycles. The number of rotatable bonds is 4. The fraction of sp³-hybridized carbons (Fsp3) is 0.0667. The van der Waals surface area contributed by atoms with Crippen molar-refractivity contribution in [3.8, 4) is 5.75 Å². The van der Waals surface area contributed by atoms with Crippen molar-refractivity contribution in [3.63, 3.8) is 0 Å². The Balaban J connectivity index is 1.83. The largest absolute Gasteiger partial charge is 0.497 e. The van der Waals surface area contributed by atoms with Gasteiger partial charge in [0.1, 0.15) is 5.75 Å². The van der Waals surface area contributed by atoms with Crippen LogP contribution in [0.2, 0.25) is 0 Å². The number of hydrogen-bond acceptors (Lipinski definition) is 4. The van der Waals surface area contributed by atoms with Crippen LogP contribution in [-0.2, 0) is 4.79 Å². The quantitative estimate of drug-likeness (QED) is 0.672. The first-order valence-electron chi connectivity index (χ1n) is 6.15. The zero-order valence-electron chi connectivity index (χ0n) is 11.3. The van der Waals surface area contributed by atoms with E-state index in [2.05, 4.69) is 10.9 Å². The fourth-order valence-electron chi connectivity index (χ4n) is 1.52. The molecule has 2 amide bonds. The van der Waals surface area contributed by atoms with E-state index in [-0.39, 0.29) is 5.91 Å². The first-order valence-corrected chi connectivity index (χ1v) is 7.03. The van der Waals surface area contributed by atoms with Crippen molar-refractivity contribution < 1.29 is 14.3 Å². The minimum atomic E-state index is -0.407. The maximum Gasteiger partial charge on any atom is 0.279 e. The molecule has 0 saturated heterocycles. The molecule has 1 heterocycles. The summed E-state index contributed by atoms with van der Waals surface area (Å²) in [6.07, 6.45) is 2.99. The molecule has 0 radical (unpaired) electrons. The van der Waals surface area contributed by atoms with Gasteiger partial charge in [-0.15, -0.1) is 11.3 Å². The Morgan fingerprint density at radius 1 is 1.14 bits per heavy atom. The highest BCUT2D eigenvalue weighted by Gasteiger charge is 2.06. The van der Waals surface area contributed by atoms with Gasteiger partial charge in [0.2, 0.25) is 0 Å². The van der Waals surface area contributed by atoms with Crippen LogP contribution < -0.4 is 15.6 Å². The predicted molar refractivity (Wildman–Crippen MR) is 82.0 cm³/mol. The zero-order chi connectivity index (χ0) is 15.1. The van der Waals surface area contributed by atoms with E-state index in [0.717, 1.165) is 11.3 Å². The third kappa shape index (κ3) is 4.47. The van der Waals surface area contributed by atoms with Gasteiger partial charge in [0.25, 0.3) is 11.8 Å². The van der Waals surface area contributed by atoms with Crippen LogP contribution in [0, 0.1) is 0 Å². The number of nitrogens with one attached hydrogen (secondary N) is 2. The van der Waals surface area contributed by atoms with Crippen LogP contribution in [0.4, 0.5) is 0 Å². The number of amides is 2. The normalized spacial score (nSPS) is 10.3. The maximum absolute atomic E-state index is 11.6. The molecule has 2 aromatic rings. The number of hydrogen-bond donors (Lipinski definition) is 2. The average molecular weight is 302 g/mol. The summed E-state index contributed by atoms with van der Waals surface area (Å²) in [7, 11) is 1.59. The lowest BCUT2D eigenvalue weighted by Gasteiger charge is -2.03. The van der Waals surface area contributed by atoms with E-state index in [0.29, 0.717) is 4.88 Å². The number of benzene rings is 1. The van der Waals surface area contributed by atoms with Crippen molar-refractivity contribution in [2.75, 3.05) is 7.11 Å². The van der Waals surface area contributed by atoms with E-state index in [1.807, 2.05) is 12.1 Å². The second-order valence-corrected chi connectivity index (χ2v) is 4.97. The molecule has 21 heavy (non-hydrogen) atoms. The third-order valence-corrected chi connectivity index (χ3v) is 3.46. The SMILES string of the molecule is COc1ccc(C=CC(=O)NNC(=O)c2cccs2)cc1.